The van der Waals surface area contributed by atoms with Crippen molar-refractivity contribution in [3.8, 4) is 6.07 Å². The van der Waals surface area contributed by atoms with Gasteiger partial charge in [-0.15, -0.1) is 0 Å². The van der Waals surface area contributed by atoms with Crippen molar-refractivity contribution in [2.24, 2.45) is 5.41 Å². The first-order valence-electron chi connectivity index (χ1n) is 7.44. The highest BCUT2D eigenvalue weighted by atomic mass is 16.4. The molecule has 1 atom stereocenters. The number of amides is 1. The van der Waals surface area contributed by atoms with E-state index in [0.717, 1.165) is 25.7 Å². The van der Waals surface area contributed by atoms with Crippen LogP contribution in [0.2, 0.25) is 0 Å². The Labute approximate surface area is 120 Å². The number of hydrogen-bond acceptors (Lipinski definition) is 3. The molecule has 0 aliphatic heterocycles. The Morgan fingerprint density at radius 3 is 2.35 bits per heavy atom. The quantitative estimate of drug-likeness (QED) is 0.732. The maximum absolute atomic E-state index is 12.1. The minimum absolute atomic E-state index is 0.0320. The largest absolute Gasteiger partial charge is 0.481 e. The molecule has 1 aliphatic carbocycles. The van der Waals surface area contributed by atoms with Crippen molar-refractivity contribution in [1.29, 1.82) is 5.26 Å². The van der Waals surface area contributed by atoms with Crippen LogP contribution in [-0.2, 0) is 9.59 Å². The predicted molar refractivity (Wildman–Crippen MR) is 74.8 cm³/mol. The Morgan fingerprint density at radius 1 is 1.30 bits per heavy atom. The second-order valence-corrected chi connectivity index (χ2v) is 5.71. The number of nitriles is 1. The first kappa shape index (κ1) is 16.5. The molecule has 1 aliphatic rings. The fourth-order valence-corrected chi connectivity index (χ4v) is 2.87. The van der Waals surface area contributed by atoms with Gasteiger partial charge in [0.2, 0.25) is 5.91 Å². The normalized spacial score (nSPS) is 19.4. The Bertz CT molecular complexity index is 379. The predicted octanol–water partition coefficient (Wildman–Crippen LogP) is 2.61. The molecule has 5 nitrogen and oxygen atoms in total. The molecule has 0 radical (unpaired) electrons. The van der Waals surface area contributed by atoms with E-state index >= 15 is 0 Å². The van der Waals surface area contributed by atoms with E-state index in [-0.39, 0.29) is 24.8 Å². The molecule has 2 N–H and O–H groups in total. The van der Waals surface area contributed by atoms with E-state index in [9.17, 15) is 14.7 Å². The lowest BCUT2D eigenvalue weighted by atomic mass is 9.77. The molecule has 1 rings (SSSR count). The summed E-state index contributed by atoms with van der Waals surface area (Å²) in [5.74, 6) is -1.10. The van der Waals surface area contributed by atoms with Crippen LogP contribution in [0.15, 0.2) is 0 Å². The van der Waals surface area contributed by atoms with E-state index < -0.39 is 11.4 Å². The van der Waals surface area contributed by atoms with Crippen molar-refractivity contribution in [3.05, 3.63) is 0 Å². The minimum atomic E-state index is -0.911. The van der Waals surface area contributed by atoms with E-state index in [0.29, 0.717) is 19.3 Å². The summed E-state index contributed by atoms with van der Waals surface area (Å²) in [5.41, 5.74) is -0.911. The Kier molecular flexibility index (Phi) is 6.50. The molecule has 0 aromatic rings. The number of nitrogens with one attached hydrogen (secondary N) is 1. The van der Waals surface area contributed by atoms with E-state index in [1.807, 2.05) is 13.0 Å². The van der Waals surface area contributed by atoms with Gasteiger partial charge < -0.3 is 10.4 Å². The summed E-state index contributed by atoms with van der Waals surface area (Å²) in [7, 11) is 0. The number of carbonyl (C=O) groups is 2. The zero-order valence-corrected chi connectivity index (χ0v) is 12.2. The number of aliphatic carboxylic acids is 1. The van der Waals surface area contributed by atoms with E-state index in [2.05, 4.69) is 5.32 Å². The number of carboxylic acids is 1. The SMILES string of the molecule is CCC(CC#N)NC(=O)CC1(C(=O)O)CCCCCC1. The summed E-state index contributed by atoms with van der Waals surface area (Å²) >= 11 is 0. The number of carbonyl (C=O) groups excluding carboxylic acids is 1. The van der Waals surface area contributed by atoms with Crippen molar-refractivity contribution < 1.29 is 14.7 Å². The fourth-order valence-electron chi connectivity index (χ4n) is 2.87. The third kappa shape index (κ3) is 4.52. The molecule has 0 saturated heterocycles. The average molecular weight is 280 g/mol. The van der Waals surface area contributed by atoms with E-state index in [4.69, 9.17) is 5.26 Å². The molecule has 1 amide bonds. The van der Waals surface area contributed by atoms with Crippen molar-refractivity contribution in [3.63, 3.8) is 0 Å². The van der Waals surface area contributed by atoms with Gasteiger partial charge in [-0.25, -0.2) is 0 Å². The van der Waals surface area contributed by atoms with Crippen LogP contribution in [0.5, 0.6) is 0 Å². The lowest BCUT2D eigenvalue weighted by Gasteiger charge is -2.28. The smallest absolute Gasteiger partial charge is 0.310 e. The van der Waals surface area contributed by atoms with Gasteiger partial charge in [0, 0.05) is 12.5 Å². The average Bonchev–Trinajstić information content (AvgIpc) is 2.64. The summed E-state index contributed by atoms with van der Waals surface area (Å²) in [6.07, 6.45) is 5.96. The first-order valence-corrected chi connectivity index (χ1v) is 7.44. The maximum atomic E-state index is 12.1. The highest BCUT2D eigenvalue weighted by Gasteiger charge is 2.40. The zero-order valence-electron chi connectivity index (χ0n) is 12.2. The van der Waals surface area contributed by atoms with Gasteiger partial charge in [-0.3, -0.25) is 9.59 Å². The first-order chi connectivity index (χ1) is 9.54. The molecule has 0 aromatic heterocycles. The van der Waals surface area contributed by atoms with Crippen molar-refractivity contribution >= 4 is 11.9 Å². The van der Waals surface area contributed by atoms with Gasteiger partial charge in [0.25, 0.3) is 0 Å². The minimum Gasteiger partial charge on any atom is -0.481 e. The summed E-state index contributed by atoms with van der Waals surface area (Å²) in [6, 6.07) is 1.86. The molecule has 112 valence electrons. The molecule has 20 heavy (non-hydrogen) atoms. The van der Waals surface area contributed by atoms with Crippen molar-refractivity contribution in [2.75, 3.05) is 0 Å². The van der Waals surface area contributed by atoms with Crippen LogP contribution < -0.4 is 5.32 Å². The third-order valence-corrected chi connectivity index (χ3v) is 4.21. The Hall–Kier alpha value is -1.57. The topological polar surface area (TPSA) is 90.2 Å². The standard InChI is InChI=1S/C15H24N2O3/c1-2-12(7-10-16)17-13(18)11-15(14(19)20)8-5-3-4-6-9-15/h12H,2-9,11H2,1H3,(H,17,18)(H,19,20). The lowest BCUT2D eigenvalue weighted by molar-refractivity contribution is -0.153. The van der Waals surface area contributed by atoms with Crippen LogP contribution in [0, 0.1) is 16.7 Å². The molecule has 1 saturated carbocycles. The summed E-state index contributed by atoms with van der Waals surface area (Å²) in [6.45, 7) is 1.90. The van der Waals surface area contributed by atoms with Crippen LogP contribution in [0.1, 0.15) is 64.7 Å². The molecule has 0 bridgehead atoms. The highest BCUT2D eigenvalue weighted by molar-refractivity contribution is 5.85. The van der Waals surface area contributed by atoms with Crippen LogP contribution >= 0.6 is 0 Å². The monoisotopic (exact) mass is 280 g/mol. The zero-order chi connectivity index (χ0) is 15.0. The Balaban J connectivity index is 2.67. The molecule has 1 unspecified atom stereocenters. The molecular formula is C15H24N2O3. The summed E-state index contributed by atoms with van der Waals surface area (Å²) < 4.78 is 0. The highest BCUT2D eigenvalue weighted by Crippen LogP contribution is 2.38. The van der Waals surface area contributed by atoms with E-state index in [1.165, 1.54) is 0 Å². The summed E-state index contributed by atoms with van der Waals surface area (Å²) in [5, 5.41) is 21.0. The van der Waals surface area contributed by atoms with Gasteiger partial charge >= 0.3 is 5.97 Å². The molecule has 5 heteroatoms. The second-order valence-electron chi connectivity index (χ2n) is 5.71. The number of hydrogen-bond donors (Lipinski definition) is 2. The van der Waals surface area contributed by atoms with Crippen LogP contribution in [-0.4, -0.2) is 23.0 Å². The van der Waals surface area contributed by atoms with Crippen LogP contribution in [0.25, 0.3) is 0 Å². The van der Waals surface area contributed by atoms with Gasteiger partial charge in [-0.05, 0) is 19.3 Å². The van der Waals surface area contributed by atoms with Crippen LogP contribution in [0.4, 0.5) is 0 Å². The molecule has 0 aromatic carbocycles. The van der Waals surface area contributed by atoms with Crippen molar-refractivity contribution in [2.45, 2.75) is 70.8 Å². The number of nitrogens with zero attached hydrogens (tertiary/aromatic N) is 1. The molecule has 0 heterocycles. The molecule has 1 fully saturated rings. The molecular weight excluding hydrogens is 256 g/mol. The number of carboxylic acid groups (broad SMARTS) is 1. The van der Waals surface area contributed by atoms with Gasteiger partial charge in [-0.1, -0.05) is 32.6 Å². The molecule has 0 spiro atoms. The number of rotatable bonds is 6. The fraction of sp³-hybridized carbons (Fsp3) is 0.800. The Morgan fingerprint density at radius 2 is 1.90 bits per heavy atom. The van der Waals surface area contributed by atoms with Gasteiger partial charge in [-0.2, -0.15) is 5.26 Å². The third-order valence-electron chi connectivity index (χ3n) is 4.21. The van der Waals surface area contributed by atoms with Crippen molar-refractivity contribution in [1.82, 2.24) is 5.32 Å². The lowest BCUT2D eigenvalue weighted by Crippen LogP contribution is -2.41. The van der Waals surface area contributed by atoms with Gasteiger partial charge in [0.1, 0.15) is 0 Å². The van der Waals surface area contributed by atoms with Crippen LogP contribution in [0.3, 0.4) is 0 Å². The second kappa shape index (κ2) is 7.88. The van der Waals surface area contributed by atoms with Gasteiger partial charge in [0.15, 0.2) is 0 Å². The van der Waals surface area contributed by atoms with E-state index in [1.54, 1.807) is 0 Å². The van der Waals surface area contributed by atoms with Gasteiger partial charge in [0.05, 0.1) is 17.9 Å². The summed E-state index contributed by atoms with van der Waals surface area (Å²) in [4.78, 5) is 23.7. The maximum Gasteiger partial charge on any atom is 0.310 e.